The quantitative estimate of drug-likeness (QED) is 0.892. The first-order valence-corrected chi connectivity index (χ1v) is 6.26. The molecular weight excluding hydrogens is 255 g/mol. The van der Waals surface area contributed by atoms with Crippen LogP contribution in [0.15, 0.2) is 24.3 Å². The summed E-state index contributed by atoms with van der Waals surface area (Å²) in [6.45, 7) is 2.65. The van der Waals surface area contributed by atoms with Crippen molar-refractivity contribution < 1.29 is 17.9 Å². The second-order valence-corrected chi connectivity index (χ2v) is 5.72. The third-order valence-corrected chi connectivity index (χ3v) is 3.78. The molecule has 0 spiro atoms. The molecule has 1 aliphatic rings. The Labute approximate surface area is 110 Å². The summed E-state index contributed by atoms with van der Waals surface area (Å²) in [7, 11) is 0. The maximum atomic E-state index is 12.9. The Morgan fingerprint density at radius 2 is 1.89 bits per heavy atom. The lowest BCUT2D eigenvalue weighted by Crippen LogP contribution is -2.40. The Hall–Kier alpha value is -1.23. The number of halogens is 3. The largest absolute Gasteiger partial charge is 0.493 e. The Kier molecular flexibility index (Phi) is 3.51. The summed E-state index contributed by atoms with van der Waals surface area (Å²) in [5.74, 6) is 0.350. The number of nitrogens with two attached hydrogens (primary N) is 1. The number of hydrogen-bond donors (Lipinski definition) is 1. The third kappa shape index (κ3) is 2.71. The van der Waals surface area contributed by atoms with Crippen LogP contribution in [0, 0.1) is 11.3 Å². The minimum Gasteiger partial charge on any atom is -0.493 e. The standard InChI is InChI=1S/C14H18F3NO/c1-13(2,14(15,16)17)7-9-8-19-11-6-4-3-5-10(11)12(9)18/h3-6,9,12H,7-8,18H2,1-2H3/t9-,12-/m0/s1. The summed E-state index contributed by atoms with van der Waals surface area (Å²) in [5.41, 5.74) is 5.12. The van der Waals surface area contributed by atoms with Crippen LogP contribution in [0.4, 0.5) is 13.2 Å². The molecule has 2 atom stereocenters. The van der Waals surface area contributed by atoms with E-state index in [1.165, 1.54) is 13.8 Å². The van der Waals surface area contributed by atoms with Gasteiger partial charge in [0.25, 0.3) is 0 Å². The lowest BCUT2D eigenvalue weighted by atomic mass is 9.77. The molecule has 1 aliphatic heterocycles. The van der Waals surface area contributed by atoms with Crippen molar-refractivity contribution in [1.82, 2.24) is 0 Å². The van der Waals surface area contributed by atoms with E-state index < -0.39 is 17.6 Å². The van der Waals surface area contributed by atoms with Crippen molar-refractivity contribution in [2.24, 2.45) is 17.1 Å². The predicted molar refractivity (Wildman–Crippen MR) is 66.8 cm³/mol. The summed E-state index contributed by atoms with van der Waals surface area (Å²) in [4.78, 5) is 0. The molecule has 0 amide bonds. The smallest absolute Gasteiger partial charge is 0.393 e. The van der Waals surface area contributed by atoms with Crippen LogP contribution in [0.2, 0.25) is 0 Å². The van der Waals surface area contributed by atoms with Gasteiger partial charge in [-0.1, -0.05) is 32.0 Å². The molecular formula is C14H18F3NO. The number of fused-ring (bicyclic) bond motifs is 1. The first kappa shape index (κ1) is 14.2. The van der Waals surface area contributed by atoms with E-state index in [1.807, 2.05) is 18.2 Å². The average Bonchev–Trinajstić information content (AvgIpc) is 2.31. The fraction of sp³-hybridized carbons (Fsp3) is 0.571. The van der Waals surface area contributed by atoms with Crippen LogP contribution in [0.3, 0.4) is 0 Å². The van der Waals surface area contributed by atoms with Crippen LogP contribution in [-0.2, 0) is 0 Å². The highest BCUT2D eigenvalue weighted by atomic mass is 19.4. The van der Waals surface area contributed by atoms with Crippen molar-refractivity contribution in [3.63, 3.8) is 0 Å². The van der Waals surface area contributed by atoms with Gasteiger partial charge >= 0.3 is 6.18 Å². The third-order valence-electron chi connectivity index (χ3n) is 3.78. The molecule has 0 saturated carbocycles. The van der Waals surface area contributed by atoms with Gasteiger partial charge in [-0.2, -0.15) is 13.2 Å². The van der Waals surface area contributed by atoms with E-state index in [0.29, 0.717) is 5.75 Å². The number of hydrogen-bond acceptors (Lipinski definition) is 2. The number of rotatable bonds is 2. The van der Waals surface area contributed by atoms with Gasteiger partial charge in [0.1, 0.15) is 5.75 Å². The number of alkyl halides is 3. The molecule has 0 bridgehead atoms. The fourth-order valence-corrected chi connectivity index (χ4v) is 2.40. The zero-order chi connectivity index (χ0) is 14.3. The highest BCUT2D eigenvalue weighted by Gasteiger charge is 2.49. The summed E-state index contributed by atoms with van der Waals surface area (Å²) in [6.07, 6.45) is -4.27. The van der Waals surface area contributed by atoms with Gasteiger partial charge in [0.2, 0.25) is 0 Å². The molecule has 2 nitrogen and oxygen atoms in total. The number of ether oxygens (including phenoxy) is 1. The minimum atomic E-state index is -4.23. The monoisotopic (exact) mass is 273 g/mol. The van der Waals surface area contributed by atoms with Crippen LogP contribution >= 0.6 is 0 Å². The van der Waals surface area contributed by atoms with Gasteiger partial charge in [0, 0.05) is 17.5 Å². The normalized spacial score (nSPS) is 23.7. The molecule has 19 heavy (non-hydrogen) atoms. The first-order valence-electron chi connectivity index (χ1n) is 6.26. The van der Waals surface area contributed by atoms with E-state index in [-0.39, 0.29) is 18.9 Å². The Morgan fingerprint density at radius 3 is 2.53 bits per heavy atom. The van der Waals surface area contributed by atoms with E-state index in [0.717, 1.165) is 5.56 Å². The van der Waals surface area contributed by atoms with Crippen molar-refractivity contribution in [2.45, 2.75) is 32.5 Å². The first-order chi connectivity index (χ1) is 8.72. The van der Waals surface area contributed by atoms with Gasteiger partial charge in [-0.25, -0.2) is 0 Å². The molecule has 106 valence electrons. The van der Waals surface area contributed by atoms with Crippen LogP contribution < -0.4 is 10.5 Å². The zero-order valence-electron chi connectivity index (χ0n) is 11.0. The molecule has 2 rings (SSSR count). The molecule has 2 N–H and O–H groups in total. The Morgan fingerprint density at radius 1 is 1.26 bits per heavy atom. The van der Waals surface area contributed by atoms with Gasteiger partial charge in [-0.3, -0.25) is 0 Å². The van der Waals surface area contributed by atoms with Crippen LogP contribution in [-0.4, -0.2) is 12.8 Å². The predicted octanol–water partition coefficient (Wildman–Crippen LogP) is 3.67. The lowest BCUT2D eigenvalue weighted by Gasteiger charge is -2.37. The second kappa shape index (κ2) is 4.71. The molecule has 0 unspecified atom stereocenters. The summed E-state index contributed by atoms with van der Waals surface area (Å²) in [6, 6.07) is 6.84. The summed E-state index contributed by atoms with van der Waals surface area (Å²) < 4.78 is 44.3. The topological polar surface area (TPSA) is 35.2 Å². The van der Waals surface area contributed by atoms with Gasteiger partial charge in [0.15, 0.2) is 0 Å². The van der Waals surface area contributed by atoms with E-state index in [2.05, 4.69) is 0 Å². The SMILES string of the molecule is CC(C)(C[C@H]1COc2ccccc2[C@H]1N)C(F)(F)F. The van der Waals surface area contributed by atoms with E-state index in [9.17, 15) is 13.2 Å². The highest BCUT2D eigenvalue weighted by molar-refractivity contribution is 5.37. The Balaban J connectivity index is 2.17. The highest BCUT2D eigenvalue weighted by Crippen LogP contribution is 2.46. The summed E-state index contributed by atoms with van der Waals surface area (Å²) >= 11 is 0. The van der Waals surface area contributed by atoms with Crippen molar-refractivity contribution in [3.05, 3.63) is 29.8 Å². The van der Waals surface area contributed by atoms with Gasteiger partial charge < -0.3 is 10.5 Å². The van der Waals surface area contributed by atoms with Crippen molar-refractivity contribution in [2.75, 3.05) is 6.61 Å². The van der Waals surface area contributed by atoms with E-state index in [1.54, 1.807) is 6.07 Å². The van der Waals surface area contributed by atoms with Crippen LogP contribution in [0.1, 0.15) is 31.9 Å². The molecule has 5 heteroatoms. The summed E-state index contributed by atoms with van der Waals surface area (Å²) in [5, 5.41) is 0. The van der Waals surface area contributed by atoms with E-state index in [4.69, 9.17) is 10.5 Å². The van der Waals surface area contributed by atoms with Crippen LogP contribution in [0.25, 0.3) is 0 Å². The second-order valence-electron chi connectivity index (χ2n) is 5.72. The number of para-hydroxylation sites is 1. The minimum absolute atomic E-state index is 0.0357. The zero-order valence-corrected chi connectivity index (χ0v) is 11.0. The number of benzene rings is 1. The maximum Gasteiger partial charge on any atom is 0.393 e. The van der Waals surface area contributed by atoms with Crippen molar-refractivity contribution in [1.29, 1.82) is 0 Å². The molecule has 1 heterocycles. The Bertz CT molecular complexity index is 456. The molecule has 0 aromatic heterocycles. The van der Waals surface area contributed by atoms with Crippen molar-refractivity contribution in [3.8, 4) is 5.75 Å². The lowest BCUT2D eigenvalue weighted by molar-refractivity contribution is -0.218. The van der Waals surface area contributed by atoms with E-state index >= 15 is 0 Å². The van der Waals surface area contributed by atoms with Gasteiger partial charge in [-0.15, -0.1) is 0 Å². The van der Waals surface area contributed by atoms with Crippen molar-refractivity contribution >= 4 is 0 Å². The fourth-order valence-electron chi connectivity index (χ4n) is 2.40. The van der Waals surface area contributed by atoms with Gasteiger partial charge in [0.05, 0.1) is 12.0 Å². The maximum absolute atomic E-state index is 12.9. The van der Waals surface area contributed by atoms with Gasteiger partial charge in [-0.05, 0) is 12.5 Å². The average molecular weight is 273 g/mol. The molecule has 0 aliphatic carbocycles. The molecule has 1 aromatic carbocycles. The molecule has 0 saturated heterocycles. The molecule has 0 radical (unpaired) electrons. The molecule has 0 fully saturated rings. The van der Waals surface area contributed by atoms with Crippen LogP contribution in [0.5, 0.6) is 5.75 Å². The molecule has 1 aromatic rings.